The monoisotopic (exact) mass is 294 g/mol. The van der Waals surface area contributed by atoms with Gasteiger partial charge < -0.3 is 15.4 Å². The molecule has 1 rings (SSSR count). The van der Waals surface area contributed by atoms with Crippen LogP contribution in [0, 0.1) is 5.41 Å². The molecule has 0 fully saturated rings. The normalized spacial score (nSPS) is 12.8. The molecule has 1 amide bonds. The van der Waals surface area contributed by atoms with Crippen LogP contribution in [0.25, 0.3) is 0 Å². The van der Waals surface area contributed by atoms with E-state index in [1.165, 1.54) is 19.2 Å². The SMILES string of the molecule is CC(=O)c1c[nH]c(C(=O)NC(CC(=O)O)CC(C)(C)C)c1. The second-order valence-electron chi connectivity index (χ2n) is 6.39. The molecule has 1 unspecified atom stereocenters. The lowest BCUT2D eigenvalue weighted by atomic mass is 9.87. The molecule has 0 saturated heterocycles. The Morgan fingerprint density at radius 1 is 1.33 bits per heavy atom. The molecule has 0 aromatic carbocycles. The number of aliphatic carboxylic acids is 1. The van der Waals surface area contributed by atoms with Crippen LogP contribution in [-0.2, 0) is 4.79 Å². The van der Waals surface area contributed by atoms with Crippen LogP contribution < -0.4 is 5.32 Å². The molecule has 0 spiro atoms. The van der Waals surface area contributed by atoms with Crippen LogP contribution in [0.15, 0.2) is 12.3 Å². The molecule has 6 nitrogen and oxygen atoms in total. The lowest BCUT2D eigenvalue weighted by Crippen LogP contribution is -2.39. The van der Waals surface area contributed by atoms with E-state index in [0.29, 0.717) is 12.0 Å². The molecule has 1 aromatic heterocycles. The van der Waals surface area contributed by atoms with Gasteiger partial charge in [-0.1, -0.05) is 20.8 Å². The minimum absolute atomic E-state index is 0.103. The van der Waals surface area contributed by atoms with Crippen molar-refractivity contribution in [1.82, 2.24) is 10.3 Å². The molecule has 116 valence electrons. The zero-order chi connectivity index (χ0) is 16.2. The van der Waals surface area contributed by atoms with Crippen molar-refractivity contribution in [2.45, 2.75) is 46.6 Å². The van der Waals surface area contributed by atoms with Gasteiger partial charge in [-0.15, -0.1) is 0 Å². The fourth-order valence-corrected chi connectivity index (χ4v) is 2.12. The van der Waals surface area contributed by atoms with Crippen molar-refractivity contribution >= 4 is 17.7 Å². The van der Waals surface area contributed by atoms with Gasteiger partial charge in [-0.3, -0.25) is 14.4 Å². The predicted octanol–water partition coefficient (Wildman–Crippen LogP) is 2.23. The first-order valence-corrected chi connectivity index (χ1v) is 6.80. The summed E-state index contributed by atoms with van der Waals surface area (Å²) in [5.41, 5.74) is 0.573. The third-order valence-corrected chi connectivity index (χ3v) is 2.95. The molecular weight excluding hydrogens is 272 g/mol. The standard InChI is InChI=1S/C15H22N2O4/c1-9(18)10-5-12(16-8-10)14(21)17-11(6-13(19)20)7-15(2,3)4/h5,8,11,16H,6-7H2,1-4H3,(H,17,21)(H,19,20). The van der Waals surface area contributed by atoms with E-state index in [2.05, 4.69) is 10.3 Å². The van der Waals surface area contributed by atoms with Gasteiger partial charge in [0.15, 0.2) is 5.78 Å². The average Bonchev–Trinajstić information content (AvgIpc) is 2.74. The van der Waals surface area contributed by atoms with Gasteiger partial charge in [-0.05, 0) is 24.8 Å². The molecule has 6 heteroatoms. The largest absolute Gasteiger partial charge is 0.481 e. The summed E-state index contributed by atoms with van der Waals surface area (Å²) in [6.07, 6.45) is 1.88. The first kappa shape index (κ1) is 16.9. The average molecular weight is 294 g/mol. The molecule has 0 radical (unpaired) electrons. The molecule has 0 aliphatic heterocycles. The molecule has 0 saturated carbocycles. The second-order valence-corrected chi connectivity index (χ2v) is 6.39. The summed E-state index contributed by atoms with van der Waals surface area (Å²) in [6.45, 7) is 7.36. The number of nitrogens with one attached hydrogen (secondary N) is 2. The highest BCUT2D eigenvalue weighted by Gasteiger charge is 2.23. The van der Waals surface area contributed by atoms with E-state index in [1.807, 2.05) is 20.8 Å². The molecule has 21 heavy (non-hydrogen) atoms. The molecule has 1 atom stereocenters. The first-order valence-electron chi connectivity index (χ1n) is 6.80. The number of Topliss-reactive ketones (excluding diaryl/α,β-unsaturated/α-hetero) is 1. The fourth-order valence-electron chi connectivity index (χ4n) is 2.12. The lowest BCUT2D eigenvalue weighted by Gasteiger charge is -2.25. The number of aromatic nitrogens is 1. The van der Waals surface area contributed by atoms with E-state index in [9.17, 15) is 14.4 Å². The Morgan fingerprint density at radius 2 is 1.95 bits per heavy atom. The Morgan fingerprint density at radius 3 is 2.38 bits per heavy atom. The van der Waals surface area contributed by atoms with Crippen LogP contribution in [0.4, 0.5) is 0 Å². The second kappa shape index (κ2) is 6.56. The third kappa shape index (κ3) is 5.81. The number of amides is 1. The van der Waals surface area contributed by atoms with Gasteiger partial charge in [0.1, 0.15) is 5.69 Å². The van der Waals surface area contributed by atoms with Crippen molar-refractivity contribution in [3.05, 3.63) is 23.5 Å². The van der Waals surface area contributed by atoms with Crippen molar-refractivity contribution in [3.63, 3.8) is 0 Å². The summed E-state index contributed by atoms with van der Waals surface area (Å²) in [6, 6.07) is 1.01. The van der Waals surface area contributed by atoms with Crippen molar-refractivity contribution in [2.75, 3.05) is 0 Å². The maximum absolute atomic E-state index is 12.1. The van der Waals surface area contributed by atoms with Crippen LogP contribution in [0.3, 0.4) is 0 Å². The molecule has 0 aliphatic carbocycles. The maximum atomic E-state index is 12.1. The number of rotatable bonds is 6. The number of H-pyrrole nitrogens is 1. The minimum Gasteiger partial charge on any atom is -0.481 e. The van der Waals surface area contributed by atoms with Gasteiger partial charge in [0, 0.05) is 17.8 Å². The van der Waals surface area contributed by atoms with E-state index in [-0.39, 0.29) is 23.3 Å². The fraction of sp³-hybridized carbons (Fsp3) is 0.533. The summed E-state index contributed by atoms with van der Waals surface area (Å²) >= 11 is 0. The number of aromatic amines is 1. The maximum Gasteiger partial charge on any atom is 0.305 e. The van der Waals surface area contributed by atoms with E-state index >= 15 is 0 Å². The highest BCUT2D eigenvalue weighted by molar-refractivity contribution is 5.99. The topological polar surface area (TPSA) is 99.3 Å². The number of carboxylic acid groups (broad SMARTS) is 1. The van der Waals surface area contributed by atoms with E-state index < -0.39 is 17.9 Å². The van der Waals surface area contributed by atoms with Crippen molar-refractivity contribution in [1.29, 1.82) is 0 Å². The predicted molar refractivity (Wildman–Crippen MR) is 78.4 cm³/mol. The van der Waals surface area contributed by atoms with Crippen LogP contribution >= 0.6 is 0 Å². The summed E-state index contributed by atoms with van der Waals surface area (Å²) in [5, 5.41) is 11.6. The van der Waals surface area contributed by atoms with Crippen molar-refractivity contribution < 1.29 is 19.5 Å². The van der Waals surface area contributed by atoms with Gasteiger partial charge in [0.05, 0.1) is 6.42 Å². The summed E-state index contributed by atoms with van der Waals surface area (Å²) < 4.78 is 0. The minimum atomic E-state index is -0.958. The van der Waals surface area contributed by atoms with Gasteiger partial charge in [0.25, 0.3) is 5.91 Å². The Hall–Kier alpha value is -2.11. The summed E-state index contributed by atoms with van der Waals surface area (Å²) in [4.78, 5) is 37.0. The molecule has 0 bridgehead atoms. The number of carbonyl (C=O) groups excluding carboxylic acids is 2. The van der Waals surface area contributed by atoms with E-state index in [0.717, 1.165) is 0 Å². The zero-order valence-electron chi connectivity index (χ0n) is 12.8. The third-order valence-electron chi connectivity index (χ3n) is 2.95. The smallest absolute Gasteiger partial charge is 0.305 e. The van der Waals surface area contributed by atoms with Crippen molar-refractivity contribution in [2.24, 2.45) is 5.41 Å². The highest BCUT2D eigenvalue weighted by Crippen LogP contribution is 2.22. The van der Waals surface area contributed by atoms with Crippen LogP contribution in [0.2, 0.25) is 0 Å². The van der Waals surface area contributed by atoms with Gasteiger partial charge in [-0.25, -0.2) is 0 Å². The molecule has 0 aliphatic rings. The molecule has 1 heterocycles. The van der Waals surface area contributed by atoms with Gasteiger partial charge in [0.2, 0.25) is 0 Å². The molecule has 1 aromatic rings. The Labute approximate surface area is 123 Å². The van der Waals surface area contributed by atoms with Crippen molar-refractivity contribution in [3.8, 4) is 0 Å². The van der Waals surface area contributed by atoms with Crippen LogP contribution in [0.1, 0.15) is 61.4 Å². The number of hydrogen-bond donors (Lipinski definition) is 3. The molecule has 3 N–H and O–H groups in total. The zero-order valence-corrected chi connectivity index (χ0v) is 12.8. The number of hydrogen-bond acceptors (Lipinski definition) is 3. The number of ketones is 1. The quantitative estimate of drug-likeness (QED) is 0.700. The number of carboxylic acids is 1. The lowest BCUT2D eigenvalue weighted by molar-refractivity contribution is -0.137. The van der Waals surface area contributed by atoms with Gasteiger partial charge >= 0.3 is 5.97 Å². The summed E-state index contributed by atoms with van der Waals surface area (Å²) in [7, 11) is 0. The Balaban J connectivity index is 2.78. The first-order chi connectivity index (χ1) is 9.58. The Kier molecular flexibility index (Phi) is 5.29. The van der Waals surface area contributed by atoms with Crippen LogP contribution in [-0.4, -0.2) is 33.8 Å². The van der Waals surface area contributed by atoms with Crippen LogP contribution in [0.5, 0.6) is 0 Å². The highest BCUT2D eigenvalue weighted by atomic mass is 16.4. The van der Waals surface area contributed by atoms with E-state index in [4.69, 9.17) is 5.11 Å². The summed E-state index contributed by atoms with van der Waals surface area (Å²) in [5.74, 6) is -1.50. The van der Waals surface area contributed by atoms with Gasteiger partial charge in [-0.2, -0.15) is 0 Å². The number of carbonyl (C=O) groups is 3. The van der Waals surface area contributed by atoms with E-state index in [1.54, 1.807) is 0 Å². The Bertz CT molecular complexity index is 540. The molecular formula is C15H22N2O4.